The van der Waals surface area contributed by atoms with Gasteiger partial charge in [-0.2, -0.15) is 13.2 Å². The van der Waals surface area contributed by atoms with E-state index in [1.165, 1.54) is 32.2 Å². The molecule has 1 aliphatic heterocycles. The van der Waals surface area contributed by atoms with E-state index in [2.05, 4.69) is 10.6 Å². The topological polar surface area (TPSA) is 87.7 Å². The highest BCUT2D eigenvalue weighted by Crippen LogP contribution is 2.37. The molecule has 3 rings (SSSR count). The molecule has 1 fully saturated rings. The van der Waals surface area contributed by atoms with Gasteiger partial charge in [0, 0.05) is 42.3 Å². The number of likely N-dealkylation sites (N-methyl/N-ethyl adjacent to an activating group) is 1. The lowest BCUT2D eigenvalue weighted by Crippen LogP contribution is -2.44. The third kappa shape index (κ3) is 7.12. The first kappa shape index (κ1) is 30.5. The molecule has 2 aromatic carbocycles. The van der Waals surface area contributed by atoms with E-state index in [-0.39, 0.29) is 62.3 Å². The van der Waals surface area contributed by atoms with Gasteiger partial charge in [0.15, 0.2) is 9.84 Å². The van der Waals surface area contributed by atoms with Crippen molar-refractivity contribution in [1.29, 1.82) is 0 Å². The first-order chi connectivity index (χ1) is 17.8. The number of nitrogens with one attached hydrogen (secondary N) is 2. The Bertz CT molecular complexity index is 1290. The monoisotopic (exact) mass is 595 g/mol. The summed E-state index contributed by atoms with van der Waals surface area (Å²) in [6, 6.07) is 4.76. The van der Waals surface area contributed by atoms with Crippen molar-refractivity contribution in [2.24, 2.45) is 0 Å². The van der Waals surface area contributed by atoms with Crippen LogP contribution in [0.4, 0.5) is 13.2 Å². The molecule has 13 heteroatoms. The Labute approximate surface area is 230 Å². The molecule has 1 amide bonds. The van der Waals surface area contributed by atoms with Crippen LogP contribution in [0.3, 0.4) is 0 Å². The number of likely N-dealkylation sites (tertiary alicyclic amines) is 1. The molecule has 1 atom stereocenters. The Balaban J connectivity index is 1.89. The molecule has 0 bridgehead atoms. The summed E-state index contributed by atoms with van der Waals surface area (Å²) in [5, 5.41) is 5.60. The highest BCUT2D eigenvalue weighted by atomic mass is 35.5. The average Bonchev–Trinajstić information content (AvgIpc) is 2.87. The van der Waals surface area contributed by atoms with Gasteiger partial charge < -0.3 is 15.4 Å². The van der Waals surface area contributed by atoms with Crippen LogP contribution in [-0.2, 0) is 29.1 Å². The largest absolute Gasteiger partial charge is 0.495 e. The molecule has 0 aromatic heterocycles. The van der Waals surface area contributed by atoms with Gasteiger partial charge in [-0.15, -0.1) is 0 Å². The number of hydrogen-bond donors (Lipinski definition) is 2. The van der Waals surface area contributed by atoms with E-state index >= 15 is 0 Å². The fourth-order valence-corrected chi connectivity index (χ4v) is 6.10. The lowest BCUT2D eigenvalue weighted by Gasteiger charge is -2.33. The summed E-state index contributed by atoms with van der Waals surface area (Å²) in [5.74, 6) is -0.915. The van der Waals surface area contributed by atoms with Gasteiger partial charge in [0.2, 0.25) is 0 Å². The van der Waals surface area contributed by atoms with Crippen molar-refractivity contribution in [1.82, 2.24) is 15.5 Å². The Hall–Kier alpha value is -2.05. The van der Waals surface area contributed by atoms with Gasteiger partial charge in [0.1, 0.15) is 5.75 Å². The zero-order valence-electron chi connectivity index (χ0n) is 21.2. The number of alkyl halides is 3. The van der Waals surface area contributed by atoms with Gasteiger partial charge in [-0.1, -0.05) is 30.1 Å². The molecular formula is C25H30Cl2F3N3O4S. The summed E-state index contributed by atoms with van der Waals surface area (Å²) < 4.78 is 72.4. The first-order valence-electron chi connectivity index (χ1n) is 12.0. The number of nitrogens with zero attached hydrogens (tertiary/aromatic N) is 1. The molecule has 1 saturated heterocycles. The second kappa shape index (κ2) is 12.4. The maximum absolute atomic E-state index is 14.0. The van der Waals surface area contributed by atoms with Crippen LogP contribution in [0.1, 0.15) is 46.8 Å². The molecule has 210 valence electrons. The van der Waals surface area contributed by atoms with Crippen LogP contribution in [0.15, 0.2) is 29.2 Å². The SMILES string of the molecule is CCS(=O)(=O)c1cc(OC)c(Cl)cc1CNC(=O)c1cc(Cl)c(CN2CCC[C@H](NC)C2)c(C(F)(F)F)c1. The van der Waals surface area contributed by atoms with Gasteiger partial charge in [0.25, 0.3) is 5.91 Å². The Morgan fingerprint density at radius 3 is 2.50 bits per heavy atom. The van der Waals surface area contributed by atoms with E-state index < -0.39 is 27.5 Å². The zero-order valence-corrected chi connectivity index (χ0v) is 23.5. The third-order valence-electron chi connectivity index (χ3n) is 6.55. The lowest BCUT2D eigenvalue weighted by molar-refractivity contribution is -0.138. The summed E-state index contributed by atoms with van der Waals surface area (Å²) in [6.07, 6.45) is -2.96. The van der Waals surface area contributed by atoms with E-state index in [0.717, 1.165) is 18.9 Å². The van der Waals surface area contributed by atoms with Crippen molar-refractivity contribution in [3.05, 3.63) is 56.6 Å². The number of halogens is 5. The van der Waals surface area contributed by atoms with Crippen molar-refractivity contribution in [2.75, 3.05) is 33.0 Å². The molecule has 0 aliphatic carbocycles. The van der Waals surface area contributed by atoms with Crippen molar-refractivity contribution < 1.29 is 31.1 Å². The van der Waals surface area contributed by atoms with E-state index in [1.54, 1.807) is 0 Å². The second-order valence-corrected chi connectivity index (χ2v) is 12.1. The number of piperidine rings is 1. The van der Waals surface area contributed by atoms with Crippen molar-refractivity contribution in [3.63, 3.8) is 0 Å². The van der Waals surface area contributed by atoms with Crippen molar-refractivity contribution >= 4 is 38.9 Å². The Morgan fingerprint density at radius 2 is 1.89 bits per heavy atom. The van der Waals surface area contributed by atoms with Crippen molar-refractivity contribution in [2.45, 2.75) is 50.0 Å². The van der Waals surface area contributed by atoms with Crippen LogP contribution in [0.25, 0.3) is 0 Å². The number of carbonyl (C=O) groups excluding carboxylic acids is 1. The van der Waals surface area contributed by atoms with Crippen LogP contribution in [0.2, 0.25) is 10.0 Å². The minimum Gasteiger partial charge on any atom is -0.495 e. The van der Waals surface area contributed by atoms with Gasteiger partial charge in [0.05, 0.1) is 28.3 Å². The number of benzene rings is 2. The minimum atomic E-state index is -4.74. The summed E-state index contributed by atoms with van der Waals surface area (Å²) in [5.41, 5.74) is -1.19. The minimum absolute atomic E-state index is 0.00363. The van der Waals surface area contributed by atoms with E-state index in [0.29, 0.717) is 13.1 Å². The van der Waals surface area contributed by atoms with E-state index in [4.69, 9.17) is 27.9 Å². The van der Waals surface area contributed by atoms with Crippen molar-refractivity contribution in [3.8, 4) is 5.75 Å². The van der Waals surface area contributed by atoms with Gasteiger partial charge in [-0.25, -0.2) is 8.42 Å². The van der Waals surface area contributed by atoms with E-state index in [9.17, 15) is 26.4 Å². The number of carbonyl (C=O) groups is 1. The van der Waals surface area contributed by atoms with E-state index in [1.807, 2.05) is 11.9 Å². The molecule has 0 radical (unpaired) electrons. The number of amides is 1. The van der Waals surface area contributed by atoms with Gasteiger partial charge in [-0.3, -0.25) is 9.69 Å². The summed E-state index contributed by atoms with van der Waals surface area (Å²) in [7, 11) is -0.568. The quantitative estimate of drug-likeness (QED) is 0.427. The summed E-state index contributed by atoms with van der Waals surface area (Å²) in [4.78, 5) is 14.7. The normalized spacial score (nSPS) is 16.9. The molecular weight excluding hydrogens is 566 g/mol. The van der Waals surface area contributed by atoms with Crippen LogP contribution in [-0.4, -0.2) is 58.3 Å². The molecule has 0 spiro atoms. The highest BCUT2D eigenvalue weighted by molar-refractivity contribution is 7.91. The number of sulfone groups is 1. The number of ether oxygens (including phenoxy) is 1. The Morgan fingerprint density at radius 1 is 1.18 bits per heavy atom. The van der Waals surface area contributed by atoms with Gasteiger partial charge >= 0.3 is 6.18 Å². The van der Waals surface area contributed by atoms with Crippen LogP contribution in [0, 0.1) is 0 Å². The molecule has 1 heterocycles. The highest BCUT2D eigenvalue weighted by Gasteiger charge is 2.36. The summed E-state index contributed by atoms with van der Waals surface area (Å²) in [6.45, 7) is 2.39. The van der Waals surface area contributed by atoms with Gasteiger partial charge in [-0.05, 0) is 55.8 Å². The Kier molecular flexibility index (Phi) is 9.97. The molecule has 2 aromatic rings. The predicted octanol–water partition coefficient (Wildman–Crippen LogP) is 4.93. The molecule has 0 unspecified atom stereocenters. The zero-order chi connectivity index (χ0) is 28.3. The maximum atomic E-state index is 14.0. The molecule has 7 nitrogen and oxygen atoms in total. The second-order valence-electron chi connectivity index (χ2n) is 9.03. The predicted molar refractivity (Wildman–Crippen MR) is 141 cm³/mol. The lowest BCUT2D eigenvalue weighted by atomic mass is 10.00. The number of methoxy groups -OCH3 is 1. The molecule has 0 saturated carbocycles. The molecule has 38 heavy (non-hydrogen) atoms. The molecule has 2 N–H and O–H groups in total. The number of rotatable bonds is 9. The fraction of sp³-hybridized carbons (Fsp3) is 0.480. The van der Waals surface area contributed by atoms with Crippen LogP contribution >= 0.6 is 23.2 Å². The first-order valence-corrected chi connectivity index (χ1v) is 14.4. The van der Waals surface area contributed by atoms with Crippen LogP contribution < -0.4 is 15.4 Å². The standard InChI is InChI=1S/C25H30Cl2F3N3O4S/c1-4-38(35,36)23-11-22(37-3)21(27)10-16(23)12-32-24(34)15-8-19(25(28,29)30)18(20(26)9-15)14-33-7-5-6-17(13-33)31-2/h8-11,17,31H,4-7,12-14H2,1-3H3,(H,32,34)/t17-/m0/s1. The summed E-state index contributed by atoms with van der Waals surface area (Å²) >= 11 is 12.5. The van der Waals surface area contributed by atoms with Crippen LogP contribution in [0.5, 0.6) is 5.75 Å². The smallest absolute Gasteiger partial charge is 0.416 e. The fourth-order valence-electron chi connectivity index (χ4n) is 4.43. The third-order valence-corrected chi connectivity index (χ3v) is 8.99. The maximum Gasteiger partial charge on any atom is 0.416 e. The number of hydrogen-bond acceptors (Lipinski definition) is 6. The molecule has 1 aliphatic rings. The average molecular weight is 596 g/mol.